The Bertz CT molecular complexity index is 766. The van der Waals surface area contributed by atoms with Crippen molar-refractivity contribution in [2.24, 2.45) is 0 Å². The predicted octanol–water partition coefficient (Wildman–Crippen LogP) is 2.92. The third-order valence-electron chi connectivity index (χ3n) is 3.01. The highest BCUT2D eigenvalue weighted by Gasteiger charge is 2.11. The van der Waals surface area contributed by atoms with Gasteiger partial charge in [-0.1, -0.05) is 29.8 Å². The molecule has 0 atom stereocenters. The van der Waals surface area contributed by atoms with Crippen molar-refractivity contribution in [3.63, 3.8) is 0 Å². The molecule has 0 aliphatic carbocycles. The average molecular weight is 286 g/mol. The summed E-state index contributed by atoms with van der Waals surface area (Å²) >= 11 is 5.91. The third kappa shape index (κ3) is 2.51. The van der Waals surface area contributed by atoms with E-state index in [1.54, 1.807) is 16.8 Å². The molecule has 20 heavy (non-hydrogen) atoms. The Morgan fingerprint density at radius 1 is 1.25 bits per heavy atom. The smallest absolute Gasteiger partial charge is 0.255 e. The second kappa shape index (κ2) is 5.35. The van der Waals surface area contributed by atoms with E-state index in [0.29, 0.717) is 17.1 Å². The molecule has 3 aromatic rings. The first-order valence-electron chi connectivity index (χ1n) is 6.19. The summed E-state index contributed by atoms with van der Waals surface area (Å²) in [6, 6.07) is 13.0. The zero-order valence-electron chi connectivity index (χ0n) is 10.6. The molecule has 1 amide bonds. The van der Waals surface area contributed by atoms with Crippen LogP contribution in [0.25, 0.3) is 5.52 Å². The van der Waals surface area contributed by atoms with E-state index >= 15 is 0 Å². The molecule has 0 radical (unpaired) electrons. The summed E-state index contributed by atoms with van der Waals surface area (Å²) in [6.45, 7) is 0.434. The van der Waals surface area contributed by atoms with Crippen LogP contribution in [0.1, 0.15) is 15.9 Å². The molecular formula is C15H12ClN3O. The fourth-order valence-corrected chi connectivity index (χ4v) is 2.25. The summed E-state index contributed by atoms with van der Waals surface area (Å²) in [5.74, 6) is -0.147. The van der Waals surface area contributed by atoms with Crippen molar-refractivity contribution < 1.29 is 4.79 Å². The van der Waals surface area contributed by atoms with E-state index in [9.17, 15) is 4.79 Å². The number of hydrogen-bond acceptors (Lipinski definition) is 2. The number of fused-ring (bicyclic) bond motifs is 1. The quantitative estimate of drug-likeness (QED) is 0.804. The first-order valence-corrected chi connectivity index (χ1v) is 6.57. The van der Waals surface area contributed by atoms with Crippen LogP contribution in [0.15, 0.2) is 54.9 Å². The molecule has 4 nitrogen and oxygen atoms in total. The highest BCUT2D eigenvalue weighted by Crippen LogP contribution is 2.12. The van der Waals surface area contributed by atoms with Crippen molar-refractivity contribution in [2.75, 3.05) is 0 Å². The largest absolute Gasteiger partial charge is 0.348 e. The van der Waals surface area contributed by atoms with Gasteiger partial charge in [-0.15, -0.1) is 0 Å². The van der Waals surface area contributed by atoms with Gasteiger partial charge in [0.05, 0.1) is 17.3 Å². The highest BCUT2D eigenvalue weighted by molar-refractivity contribution is 6.30. The van der Waals surface area contributed by atoms with Crippen LogP contribution in [-0.2, 0) is 6.54 Å². The highest BCUT2D eigenvalue weighted by atomic mass is 35.5. The van der Waals surface area contributed by atoms with Gasteiger partial charge < -0.3 is 5.32 Å². The van der Waals surface area contributed by atoms with Crippen molar-refractivity contribution in [1.29, 1.82) is 0 Å². The molecule has 0 bridgehead atoms. The lowest BCUT2D eigenvalue weighted by atomic mass is 10.2. The van der Waals surface area contributed by atoms with Gasteiger partial charge in [-0.2, -0.15) is 5.10 Å². The Balaban J connectivity index is 1.76. The van der Waals surface area contributed by atoms with E-state index in [1.165, 1.54) is 0 Å². The molecule has 5 heteroatoms. The van der Waals surface area contributed by atoms with Crippen LogP contribution in [-0.4, -0.2) is 15.5 Å². The minimum Gasteiger partial charge on any atom is -0.348 e. The van der Waals surface area contributed by atoms with E-state index < -0.39 is 0 Å². The summed E-state index contributed by atoms with van der Waals surface area (Å²) in [4.78, 5) is 12.2. The molecule has 0 fully saturated rings. The van der Waals surface area contributed by atoms with E-state index in [1.807, 2.05) is 42.6 Å². The second-order valence-electron chi connectivity index (χ2n) is 4.40. The van der Waals surface area contributed by atoms with Crippen molar-refractivity contribution in [1.82, 2.24) is 14.9 Å². The fraction of sp³-hybridized carbons (Fsp3) is 0.0667. The number of benzene rings is 1. The lowest BCUT2D eigenvalue weighted by Crippen LogP contribution is -2.22. The van der Waals surface area contributed by atoms with Crippen molar-refractivity contribution in [2.45, 2.75) is 6.54 Å². The van der Waals surface area contributed by atoms with Gasteiger partial charge in [0.15, 0.2) is 0 Å². The van der Waals surface area contributed by atoms with Gasteiger partial charge in [0.2, 0.25) is 0 Å². The topological polar surface area (TPSA) is 46.4 Å². The summed E-state index contributed by atoms with van der Waals surface area (Å²) in [5, 5.41) is 7.67. The SMILES string of the molecule is O=C(NCc1cccc(Cl)c1)c1cnn2ccccc12. The molecule has 100 valence electrons. The number of nitrogens with one attached hydrogen (secondary N) is 1. The summed E-state index contributed by atoms with van der Waals surface area (Å²) in [6.07, 6.45) is 3.38. The third-order valence-corrected chi connectivity index (χ3v) is 3.25. The standard InChI is InChI=1S/C15H12ClN3O/c16-12-5-3-4-11(8-12)9-17-15(20)13-10-18-19-7-2-1-6-14(13)19/h1-8,10H,9H2,(H,17,20). The van der Waals surface area contributed by atoms with Crippen molar-refractivity contribution in [3.8, 4) is 0 Å². The monoisotopic (exact) mass is 285 g/mol. The normalized spacial score (nSPS) is 10.7. The number of nitrogens with zero attached hydrogens (tertiary/aromatic N) is 2. The molecular weight excluding hydrogens is 274 g/mol. The minimum atomic E-state index is -0.147. The average Bonchev–Trinajstić information content (AvgIpc) is 2.89. The molecule has 1 N–H and O–H groups in total. The zero-order chi connectivity index (χ0) is 13.9. The first-order chi connectivity index (χ1) is 9.74. The molecule has 0 aliphatic rings. The molecule has 0 spiro atoms. The van der Waals surface area contributed by atoms with Crippen LogP contribution >= 0.6 is 11.6 Å². The fourth-order valence-electron chi connectivity index (χ4n) is 2.03. The molecule has 2 aromatic heterocycles. The summed E-state index contributed by atoms with van der Waals surface area (Å²) < 4.78 is 1.67. The van der Waals surface area contributed by atoms with Gasteiger partial charge in [-0.05, 0) is 29.8 Å². The maximum Gasteiger partial charge on any atom is 0.255 e. The molecule has 1 aromatic carbocycles. The predicted molar refractivity (Wildman–Crippen MR) is 77.8 cm³/mol. The van der Waals surface area contributed by atoms with Gasteiger partial charge in [0, 0.05) is 17.8 Å². The maximum absolute atomic E-state index is 12.2. The molecule has 0 saturated carbocycles. The Kier molecular flexibility index (Phi) is 3.39. The maximum atomic E-state index is 12.2. The van der Waals surface area contributed by atoms with Gasteiger partial charge in [0.25, 0.3) is 5.91 Å². The van der Waals surface area contributed by atoms with Gasteiger partial charge in [-0.25, -0.2) is 4.52 Å². The number of halogens is 1. The van der Waals surface area contributed by atoms with Gasteiger partial charge in [0.1, 0.15) is 0 Å². The van der Waals surface area contributed by atoms with Crippen LogP contribution in [0, 0.1) is 0 Å². The Morgan fingerprint density at radius 3 is 3.00 bits per heavy atom. The van der Waals surface area contributed by atoms with Crippen molar-refractivity contribution in [3.05, 3.63) is 71.0 Å². The molecule has 0 saturated heterocycles. The number of carbonyl (C=O) groups excluding carboxylic acids is 1. The molecule has 2 heterocycles. The van der Waals surface area contributed by atoms with Crippen LogP contribution in [0.4, 0.5) is 0 Å². The molecule has 0 unspecified atom stereocenters. The lowest BCUT2D eigenvalue weighted by Gasteiger charge is -2.04. The zero-order valence-corrected chi connectivity index (χ0v) is 11.3. The number of pyridine rings is 1. The molecule has 3 rings (SSSR count). The van der Waals surface area contributed by atoms with Gasteiger partial charge >= 0.3 is 0 Å². The lowest BCUT2D eigenvalue weighted by molar-refractivity contribution is 0.0952. The summed E-state index contributed by atoms with van der Waals surface area (Å²) in [5.41, 5.74) is 2.31. The second-order valence-corrected chi connectivity index (χ2v) is 4.84. The van der Waals surface area contributed by atoms with Gasteiger partial charge in [-0.3, -0.25) is 4.79 Å². The van der Waals surface area contributed by atoms with Crippen LogP contribution < -0.4 is 5.32 Å². The Hall–Kier alpha value is -2.33. The number of hydrogen-bond donors (Lipinski definition) is 1. The molecule has 0 aliphatic heterocycles. The van der Waals surface area contributed by atoms with Crippen LogP contribution in [0.2, 0.25) is 5.02 Å². The number of aromatic nitrogens is 2. The number of rotatable bonds is 3. The van der Waals surface area contributed by atoms with Crippen LogP contribution in [0.5, 0.6) is 0 Å². The van der Waals surface area contributed by atoms with E-state index in [-0.39, 0.29) is 5.91 Å². The van der Waals surface area contributed by atoms with E-state index in [4.69, 9.17) is 11.6 Å². The first kappa shape index (κ1) is 12.7. The Morgan fingerprint density at radius 2 is 2.15 bits per heavy atom. The van der Waals surface area contributed by atoms with Crippen molar-refractivity contribution >= 4 is 23.0 Å². The number of carbonyl (C=O) groups is 1. The van der Waals surface area contributed by atoms with E-state index in [2.05, 4.69) is 10.4 Å². The Labute approximate surface area is 121 Å². The number of amides is 1. The minimum absolute atomic E-state index is 0.147. The van der Waals surface area contributed by atoms with E-state index in [0.717, 1.165) is 11.1 Å². The van der Waals surface area contributed by atoms with Crippen LogP contribution in [0.3, 0.4) is 0 Å². The summed E-state index contributed by atoms with van der Waals surface area (Å²) in [7, 11) is 0.